The van der Waals surface area contributed by atoms with E-state index < -0.39 is 0 Å². The number of hydrogen-bond acceptors (Lipinski definition) is 7. The molecule has 2 aliphatic rings. The highest BCUT2D eigenvalue weighted by Gasteiger charge is 2.48. The number of ether oxygens (including phenoxy) is 2. The van der Waals surface area contributed by atoms with Crippen LogP contribution in [0.5, 0.6) is 0 Å². The average molecular weight is 330 g/mol. The molecule has 0 saturated carbocycles. The average Bonchev–Trinajstić information content (AvgIpc) is 3.14. The maximum Gasteiger partial charge on any atom is 0.258 e. The Morgan fingerprint density at radius 3 is 2.92 bits per heavy atom. The molecule has 2 aromatic rings. The van der Waals surface area contributed by atoms with Crippen LogP contribution in [0.2, 0.25) is 0 Å². The van der Waals surface area contributed by atoms with Gasteiger partial charge in [0.25, 0.3) is 5.89 Å². The summed E-state index contributed by atoms with van der Waals surface area (Å²) in [5.74, 6) is 2.04. The lowest BCUT2D eigenvalue weighted by atomic mass is 9.93. The zero-order chi connectivity index (χ0) is 16.7. The summed E-state index contributed by atoms with van der Waals surface area (Å²) in [7, 11) is 0. The first-order valence-corrected chi connectivity index (χ1v) is 8.37. The summed E-state index contributed by atoms with van der Waals surface area (Å²) in [5, 5.41) is 3.86. The molecule has 2 saturated heterocycles. The number of pyridine rings is 1. The zero-order valence-electron chi connectivity index (χ0n) is 14.2. The van der Waals surface area contributed by atoms with Crippen molar-refractivity contribution in [3.05, 3.63) is 24.2 Å². The predicted molar refractivity (Wildman–Crippen MR) is 87.8 cm³/mol. The molecule has 4 heterocycles. The van der Waals surface area contributed by atoms with Gasteiger partial charge < -0.3 is 18.9 Å². The Hall–Kier alpha value is -1.99. The summed E-state index contributed by atoms with van der Waals surface area (Å²) in [6.45, 7) is 8.32. The molecule has 2 aliphatic heterocycles. The first-order chi connectivity index (χ1) is 11.6. The summed E-state index contributed by atoms with van der Waals surface area (Å²) >= 11 is 0. The highest BCUT2D eigenvalue weighted by molar-refractivity contribution is 5.59. The van der Waals surface area contributed by atoms with Crippen LogP contribution in [0.1, 0.15) is 26.1 Å². The number of aromatic nitrogens is 3. The lowest BCUT2D eigenvalue weighted by molar-refractivity contribution is -0.126. The van der Waals surface area contributed by atoms with Gasteiger partial charge in [0.15, 0.2) is 5.82 Å². The molecule has 0 N–H and O–H groups in total. The Bertz CT molecular complexity index is 734. The molecule has 1 spiro atoms. The second kappa shape index (κ2) is 5.82. The van der Waals surface area contributed by atoms with Gasteiger partial charge in [-0.15, -0.1) is 0 Å². The third kappa shape index (κ3) is 2.67. The topological polar surface area (TPSA) is 73.5 Å². The van der Waals surface area contributed by atoms with Gasteiger partial charge in [0, 0.05) is 31.3 Å². The Morgan fingerprint density at radius 2 is 2.21 bits per heavy atom. The van der Waals surface area contributed by atoms with Crippen LogP contribution in [-0.2, 0) is 9.47 Å². The predicted octanol–water partition coefficient (Wildman–Crippen LogP) is 2.21. The third-order valence-electron chi connectivity index (χ3n) is 4.85. The SMILES string of the molecule is Cc1noc(-c2ccnc(N3CC(C)OC4(CCOC4C)C3)c2)n1. The molecular weight excluding hydrogens is 308 g/mol. The number of nitrogens with zero attached hydrogens (tertiary/aromatic N) is 4. The van der Waals surface area contributed by atoms with Crippen LogP contribution < -0.4 is 4.90 Å². The molecule has 2 aromatic heterocycles. The number of morpholine rings is 1. The molecule has 7 heteroatoms. The largest absolute Gasteiger partial charge is 0.375 e. The van der Waals surface area contributed by atoms with Crippen LogP contribution in [0.15, 0.2) is 22.9 Å². The fourth-order valence-corrected chi connectivity index (χ4v) is 3.61. The second-order valence-electron chi connectivity index (χ2n) is 6.69. The molecule has 3 atom stereocenters. The van der Waals surface area contributed by atoms with Crippen LogP contribution in [0, 0.1) is 6.92 Å². The van der Waals surface area contributed by atoms with Crippen molar-refractivity contribution in [3.8, 4) is 11.5 Å². The van der Waals surface area contributed by atoms with Gasteiger partial charge in [-0.1, -0.05) is 5.16 Å². The Kier molecular flexibility index (Phi) is 3.77. The first kappa shape index (κ1) is 15.5. The number of hydrogen-bond donors (Lipinski definition) is 0. The van der Waals surface area contributed by atoms with E-state index in [0.29, 0.717) is 11.7 Å². The molecule has 0 amide bonds. The molecule has 4 rings (SSSR count). The van der Waals surface area contributed by atoms with E-state index in [0.717, 1.165) is 37.5 Å². The van der Waals surface area contributed by atoms with Gasteiger partial charge >= 0.3 is 0 Å². The Balaban J connectivity index is 1.63. The number of aryl methyl sites for hydroxylation is 1. The number of anilines is 1. The van der Waals surface area contributed by atoms with Gasteiger partial charge in [-0.3, -0.25) is 0 Å². The van der Waals surface area contributed by atoms with Crippen molar-refractivity contribution in [1.82, 2.24) is 15.1 Å². The van der Waals surface area contributed by atoms with E-state index in [1.54, 1.807) is 6.20 Å². The minimum atomic E-state index is -0.254. The highest BCUT2D eigenvalue weighted by Crippen LogP contribution is 2.36. The summed E-state index contributed by atoms with van der Waals surface area (Å²) in [4.78, 5) is 11.1. The standard InChI is InChI=1S/C17H22N4O3/c1-11-9-21(10-17(23-11)5-7-22-12(17)2)15-8-14(4-6-18-15)16-19-13(3)20-24-16/h4,6,8,11-12H,5,7,9-10H2,1-3H3. The molecule has 7 nitrogen and oxygen atoms in total. The summed E-state index contributed by atoms with van der Waals surface area (Å²) in [6, 6.07) is 3.89. The molecule has 2 fully saturated rings. The summed E-state index contributed by atoms with van der Waals surface area (Å²) in [5.41, 5.74) is 0.626. The second-order valence-corrected chi connectivity index (χ2v) is 6.69. The fraction of sp³-hybridized carbons (Fsp3) is 0.588. The van der Waals surface area contributed by atoms with E-state index in [9.17, 15) is 0 Å². The van der Waals surface area contributed by atoms with Gasteiger partial charge in [-0.2, -0.15) is 4.98 Å². The fourth-order valence-electron chi connectivity index (χ4n) is 3.61. The van der Waals surface area contributed by atoms with E-state index in [-0.39, 0.29) is 17.8 Å². The van der Waals surface area contributed by atoms with Crippen molar-refractivity contribution >= 4 is 5.82 Å². The van der Waals surface area contributed by atoms with Crippen LogP contribution in [0.25, 0.3) is 11.5 Å². The normalized spacial score (nSPS) is 30.2. The van der Waals surface area contributed by atoms with Gasteiger partial charge in [-0.25, -0.2) is 4.98 Å². The quantitative estimate of drug-likeness (QED) is 0.836. The minimum Gasteiger partial charge on any atom is -0.375 e. The molecule has 128 valence electrons. The lowest BCUT2D eigenvalue weighted by Crippen LogP contribution is -2.58. The van der Waals surface area contributed by atoms with Crippen LogP contribution >= 0.6 is 0 Å². The molecule has 0 bridgehead atoms. The van der Waals surface area contributed by atoms with E-state index >= 15 is 0 Å². The van der Waals surface area contributed by atoms with E-state index in [2.05, 4.69) is 33.9 Å². The summed E-state index contributed by atoms with van der Waals surface area (Å²) < 4.78 is 17.3. The van der Waals surface area contributed by atoms with Gasteiger partial charge in [0.1, 0.15) is 11.4 Å². The van der Waals surface area contributed by atoms with Gasteiger partial charge in [-0.05, 0) is 32.9 Å². The van der Waals surface area contributed by atoms with Crippen molar-refractivity contribution < 1.29 is 14.0 Å². The van der Waals surface area contributed by atoms with Crippen LogP contribution in [0.4, 0.5) is 5.82 Å². The highest BCUT2D eigenvalue weighted by atomic mass is 16.6. The maximum atomic E-state index is 6.28. The van der Waals surface area contributed by atoms with E-state index in [4.69, 9.17) is 14.0 Å². The zero-order valence-corrected chi connectivity index (χ0v) is 14.2. The maximum absolute atomic E-state index is 6.28. The van der Waals surface area contributed by atoms with Crippen molar-refractivity contribution in [2.24, 2.45) is 0 Å². The number of rotatable bonds is 2. The van der Waals surface area contributed by atoms with Crippen molar-refractivity contribution in [2.75, 3.05) is 24.6 Å². The molecule has 0 aromatic carbocycles. The monoisotopic (exact) mass is 330 g/mol. The Morgan fingerprint density at radius 1 is 1.33 bits per heavy atom. The molecule has 3 unspecified atom stereocenters. The molecule has 24 heavy (non-hydrogen) atoms. The minimum absolute atomic E-state index is 0.0875. The molecule has 0 aliphatic carbocycles. The third-order valence-corrected chi connectivity index (χ3v) is 4.85. The molecule has 0 radical (unpaired) electrons. The smallest absolute Gasteiger partial charge is 0.258 e. The summed E-state index contributed by atoms with van der Waals surface area (Å²) in [6.07, 6.45) is 2.91. The van der Waals surface area contributed by atoms with E-state index in [1.807, 2.05) is 19.1 Å². The van der Waals surface area contributed by atoms with Crippen molar-refractivity contribution in [3.63, 3.8) is 0 Å². The molecular formula is C17H22N4O3. The van der Waals surface area contributed by atoms with Gasteiger partial charge in [0.05, 0.1) is 18.8 Å². The van der Waals surface area contributed by atoms with Crippen molar-refractivity contribution in [1.29, 1.82) is 0 Å². The first-order valence-electron chi connectivity index (χ1n) is 8.37. The van der Waals surface area contributed by atoms with Crippen LogP contribution in [0.3, 0.4) is 0 Å². The van der Waals surface area contributed by atoms with E-state index in [1.165, 1.54) is 0 Å². The van der Waals surface area contributed by atoms with Crippen LogP contribution in [-0.4, -0.2) is 52.6 Å². The Labute approximate surface area is 141 Å². The van der Waals surface area contributed by atoms with Crippen molar-refractivity contribution in [2.45, 2.75) is 45.0 Å². The lowest BCUT2D eigenvalue weighted by Gasteiger charge is -2.45. The van der Waals surface area contributed by atoms with Gasteiger partial charge in [0.2, 0.25) is 0 Å².